The van der Waals surface area contributed by atoms with Crippen LogP contribution in [-0.4, -0.2) is 43.9 Å². The summed E-state index contributed by atoms with van der Waals surface area (Å²) in [6, 6.07) is 4.04. The number of carbonyl (C=O) groups is 1. The minimum atomic E-state index is -0.518. The number of carbonyl (C=O) groups excluding carboxylic acids is 1. The number of nitrogens with zero attached hydrogens (tertiary/aromatic N) is 2. The fourth-order valence-electron chi connectivity index (χ4n) is 4.47. The van der Waals surface area contributed by atoms with E-state index < -0.39 is 5.97 Å². The molecule has 0 fully saturated rings. The van der Waals surface area contributed by atoms with E-state index in [-0.39, 0.29) is 23.4 Å². The van der Waals surface area contributed by atoms with Gasteiger partial charge < -0.3 is 23.5 Å². The van der Waals surface area contributed by atoms with E-state index in [1.54, 1.807) is 7.11 Å². The van der Waals surface area contributed by atoms with E-state index in [9.17, 15) is 4.79 Å². The number of hydrogen-bond acceptors (Lipinski definition) is 7. The van der Waals surface area contributed by atoms with Gasteiger partial charge in [0.25, 0.3) is 0 Å². The largest absolute Gasteiger partial charge is 0.493 e. The Labute approximate surface area is 156 Å². The second-order valence-corrected chi connectivity index (χ2v) is 7.21. The van der Waals surface area contributed by atoms with E-state index in [1.807, 2.05) is 12.1 Å². The summed E-state index contributed by atoms with van der Waals surface area (Å²) in [6.45, 7) is 0.936. The molecule has 7 nitrogen and oxygen atoms in total. The molecule has 1 aromatic heterocycles. The summed E-state index contributed by atoms with van der Waals surface area (Å²) in [5.74, 6) is 1.12. The van der Waals surface area contributed by atoms with E-state index in [0.717, 1.165) is 24.5 Å². The average Bonchev–Trinajstić information content (AvgIpc) is 3.32. The summed E-state index contributed by atoms with van der Waals surface area (Å²) in [4.78, 5) is 18.2. The lowest BCUT2D eigenvalue weighted by atomic mass is 9.67. The molecule has 1 aromatic carbocycles. The molecule has 1 spiro atoms. The number of hydrogen-bond donors (Lipinski definition) is 0. The SMILES string of the molecule is COc1ccc2c3c1OC1C[C@@H](OC(=O)c4cnco4)C=C[C@@]31CCN2C. The van der Waals surface area contributed by atoms with Crippen molar-refractivity contribution < 1.29 is 23.4 Å². The highest BCUT2D eigenvalue weighted by atomic mass is 16.6. The van der Waals surface area contributed by atoms with Crippen molar-refractivity contribution in [3.8, 4) is 11.5 Å². The number of ether oxygens (including phenoxy) is 3. The first-order valence-corrected chi connectivity index (χ1v) is 9.00. The Morgan fingerprint density at radius 1 is 1.41 bits per heavy atom. The molecule has 3 aliphatic rings. The Morgan fingerprint density at radius 3 is 3.07 bits per heavy atom. The molecule has 27 heavy (non-hydrogen) atoms. The smallest absolute Gasteiger partial charge is 0.376 e. The molecule has 7 heteroatoms. The van der Waals surface area contributed by atoms with Crippen LogP contribution in [0, 0.1) is 0 Å². The molecule has 3 heterocycles. The van der Waals surface area contributed by atoms with Crippen molar-refractivity contribution in [3.05, 3.63) is 48.2 Å². The zero-order valence-electron chi connectivity index (χ0n) is 15.2. The van der Waals surface area contributed by atoms with Gasteiger partial charge in [-0.25, -0.2) is 9.78 Å². The lowest BCUT2D eigenvalue weighted by Gasteiger charge is -2.42. The maximum atomic E-state index is 12.2. The zero-order chi connectivity index (χ0) is 18.6. The fraction of sp³-hybridized carbons (Fsp3) is 0.400. The van der Waals surface area contributed by atoms with Crippen LogP contribution in [0.25, 0.3) is 0 Å². The van der Waals surface area contributed by atoms with Crippen molar-refractivity contribution in [2.75, 3.05) is 25.6 Å². The molecule has 140 valence electrons. The third-order valence-corrected chi connectivity index (χ3v) is 5.84. The van der Waals surface area contributed by atoms with Crippen LogP contribution in [-0.2, 0) is 10.2 Å². The Kier molecular flexibility index (Phi) is 3.47. The van der Waals surface area contributed by atoms with Gasteiger partial charge in [0, 0.05) is 31.3 Å². The van der Waals surface area contributed by atoms with Crippen molar-refractivity contribution in [3.63, 3.8) is 0 Å². The lowest BCUT2D eigenvalue weighted by molar-refractivity contribution is 0.0191. The number of methoxy groups -OCH3 is 1. The van der Waals surface area contributed by atoms with E-state index in [2.05, 4.69) is 29.1 Å². The van der Waals surface area contributed by atoms with E-state index in [4.69, 9.17) is 18.6 Å². The van der Waals surface area contributed by atoms with Crippen molar-refractivity contribution in [2.24, 2.45) is 0 Å². The normalized spacial score (nSPS) is 27.6. The van der Waals surface area contributed by atoms with Gasteiger partial charge >= 0.3 is 5.97 Å². The molecule has 5 rings (SSSR count). The Hall–Kier alpha value is -2.96. The number of anilines is 1. The first-order valence-electron chi connectivity index (χ1n) is 9.00. The summed E-state index contributed by atoms with van der Waals surface area (Å²) in [6.07, 6.45) is 7.74. The van der Waals surface area contributed by atoms with Crippen molar-refractivity contribution >= 4 is 11.7 Å². The van der Waals surface area contributed by atoms with Crippen molar-refractivity contribution in [1.82, 2.24) is 4.98 Å². The molecule has 2 aliphatic heterocycles. The molecular formula is C20H20N2O5. The Morgan fingerprint density at radius 2 is 2.30 bits per heavy atom. The highest BCUT2D eigenvalue weighted by Gasteiger charge is 2.54. The first kappa shape index (κ1) is 16.2. The van der Waals surface area contributed by atoms with Crippen LogP contribution in [0.3, 0.4) is 0 Å². The molecule has 0 saturated heterocycles. The summed E-state index contributed by atoms with van der Waals surface area (Å²) in [5.41, 5.74) is 2.14. The van der Waals surface area contributed by atoms with Gasteiger partial charge in [0.1, 0.15) is 12.2 Å². The minimum absolute atomic E-state index is 0.0996. The molecule has 1 aliphatic carbocycles. The Bertz CT molecular complexity index is 923. The Balaban J connectivity index is 1.49. The van der Waals surface area contributed by atoms with Gasteiger partial charge in [-0.05, 0) is 24.6 Å². The molecule has 1 unspecified atom stereocenters. The summed E-state index contributed by atoms with van der Waals surface area (Å²) >= 11 is 0. The first-order chi connectivity index (χ1) is 13.1. The van der Waals surface area contributed by atoms with Gasteiger partial charge in [-0.3, -0.25) is 0 Å². The van der Waals surface area contributed by atoms with Crippen LogP contribution in [0.5, 0.6) is 11.5 Å². The van der Waals surface area contributed by atoms with Crippen LogP contribution in [0.4, 0.5) is 5.69 Å². The highest BCUT2D eigenvalue weighted by molar-refractivity contribution is 5.86. The summed E-state index contributed by atoms with van der Waals surface area (Å²) in [7, 11) is 3.75. The number of aromatic nitrogens is 1. The topological polar surface area (TPSA) is 74.0 Å². The van der Waals surface area contributed by atoms with Crippen LogP contribution < -0.4 is 14.4 Å². The van der Waals surface area contributed by atoms with Crippen molar-refractivity contribution in [1.29, 1.82) is 0 Å². The summed E-state index contributed by atoms with van der Waals surface area (Å²) in [5, 5.41) is 0. The zero-order valence-corrected chi connectivity index (χ0v) is 15.2. The monoisotopic (exact) mass is 368 g/mol. The maximum absolute atomic E-state index is 12.2. The number of oxazole rings is 1. The maximum Gasteiger partial charge on any atom is 0.376 e. The number of benzene rings is 1. The average molecular weight is 368 g/mol. The van der Waals surface area contributed by atoms with Gasteiger partial charge in [0.05, 0.1) is 18.7 Å². The summed E-state index contributed by atoms with van der Waals surface area (Å²) < 4.78 is 22.5. The molecule has 0 radical (unpaired) electrons. The van der Waals surface area contributed by atoms with Crippen LogP contribution in [0.15, 0.2) is 41.3 Å². The molecule has 0 saturated carbocycles. The van der Waals surface area contributed by atoms with Gasteiger partial charge in [-0.15, -0.1) is 0 Å². The second kappa shape index (κ2) is 5.77. The minimum Gasteiger partial charge on any atom is -0.493 e. The van der Waals surface area contributed by atoms with Crippen molar-refractivity contribution in [2.45, 2.75) is 30.5 Å². The number of esters is 1. The van der Waals surface area contributed by atoms with Crippen LogP contribution >= 0.6 is 0 Å². The molecule has 2 aromatic rings. The van der Waals surface area contributed by atoms with E-state index >= 15 is 0 Å². The molecule has 3 atom stereocenters. The van der Waals surface area contributed by atoms with E-state index in [0.29, 0.717) is 6.42 Å². The third-order valence-electron chi connectivity index (χ3n) is 5.84. The fourth-order valence-corrected chi connectivity index (χ4v) is 4.47. The van der Waals surface area contributed by atoms with Crippen LogP contribution in [0.2, 0.25) is 0 Å². The number of rotatable bonds is 3. The van der Waals surface area contributed by atoms with Gasteiger partial charge in [-0.1, -0.05) is 6.08 Å². The second-order valence-electron chi connectivity index (χ2n) is 7.21. The van der Waals surface area contributed by atoms with Gasteiger partial charge in [0.2, 0.25) is 5.76 Å². The van der Waals surface area contributed by atoms with Gasteiger partial charge in [-0.2, -0.15) is 0 Å². The molecule has 0 N–H and O–H groups in total. The molecule has 0 bridgehead atoms. The lowest BCUT2D eigenvalue weighted by Crippen LogP contribution is -2.47. The highest BCUT2D eigenvalue weighted by Crippen LogP contribution is 2.58. The standard InChI is InChI=1S/C20H20N2O5/c1-22-8-7-20-6-5-12(26-19(23)15-10-21-11-25-15)9-16(20)27-18-14(24-2)4-3-13(22)17(18)20/h3-6,10-12,16H,7-9H2,1-2H3/t12-,16?,20-/m0/s1. The predicted octanol–water partition coefficient (Wildman–Crippen LogP) is 2.71. The van der Waals surface area contributed by atoms with E-state index in [1.165, 1.54) is 23.8 Å². The molecular weight excluding hydrogens is 348 g/mol. The third kappa shape index (κ3) is 2.27. The van der Waals surface area contributed by atoms with Crippen LogP contribution in [0.1, 0.15) is 29.0 Å². The predicted molar refractivity (Wildman–Crippen MR) is 96.4 cm³/mol. The molecule has 0 amide bonds. The van der Waals surface area contributed by atoms with Gasteiger partial charge in [0.15, 0.2) is 17.9 Å². The quantitative estimate of drug-likeness (QED) is 0.609.